The van der Waals surface area contributed by atoms with Gasteiger partial charge in [-0.15, -0.1) is 0 Å². The summed E-state index contributed by atoms with van der Waals surface area (Å²) in [5, 5.41) is 3.64. The van der Waals surface area contributed by atoms with Crippen molar-refractivity contribution in [2.75, 3.05) is 11.9 Å². The van der Waals surface area contributed by atoms with Crippen molar-refractivity contribution in [1.82, 2.24) is 0 Å². The fraction of sp³-hybridized carbons (Fsp3) is 0.174. The van der Waals surface area contributed by atoms with Gasteiger partial charge in [-0.2, -0.15) is 0 Å². The van der Waals surface area contributed by atoms with Gasteiger partial charge in [0.05, 0.1) is 17.2 Å². The topological polar surface area (TPSA) is 47.6 Å². The van der Waals surface area contributed by atoms with Crippen LogP contribution in [0, 0.1) is 5.82 Å². The molecule has 3 aromatic carbocycles. The van der Waals surface area contributed by atoms with Crippen LogP contribution in [-0.4, -0.2) is 12.6 Å². The van der Waals surface area contributed by atoms with Gasteiger partial charge in [-0.1, -0.05) is 29.8 Å². The van der Waals surface area contributed by atoms with Gasteiger partial charge in [0.25, 0.3) is 0 Å². The number of hydrogen-bond donors (Lipinski definition) is 1. The molecule has 0 aliphatic carbocycles. The Morgan fingerprint density at radius 3 is 2.41 bits per heavy atom. The van der Waals surface area contributed by atoms with Crippen molar-refractivity contribution in [3.05, 3.63) is 94.3 Å². The lowest BCUT2D eigenvalue weighted by Gasteiger charge is -2.10. The number of esters is 1. The number of benzene rings is 3. The highest BCUT2D eigenvalue weighted by atomic mass is 35.5. The van der Waals surface area contributed by atoms with Crippen molar-refractivity contribution in [3.8, 4) is 5.75 Å². The van der Waals surface area contributed by atoms with Gasteiger partial charge in [0.1, 0.15) is 18.2 Å². The first kappa shape index (κ1) is 20.7. The van der Waals surface area contributed by atoms with Gasteiger partial charge in [-0.25, -0.2) is 9.18 Å². The Labute approximate surface area is 174 Å². The van der Waals surface area contributed by atoms with Crippen LogP contribution in [0.25, 0.3) is 0 Å². The van der Waals surface area contributed by atoms with E-state index in [0.29, 0.717) is 35.1 Å². The second kappa shape index (κ2) is 9.94. The third-order valence-electron chi connectivity index (χ3n) is 4.26. The molecule has 29 heavy (non-hydrogen) atoms. The second-order valence-corrected chi connectivity index (χ2v) is 6.69. The molecule has 0 bridgehead atoms. The van der Waals surface area contributed by atoms with Crippen LogP contribution in [-0.2, 0) is 17.9 Å². The summed E-state index contributed by atoms with van der Waals surface area (Å²) >= 11 is 6.01. The Kier molecular flexibility index (Phi) is 7.09. The van der Waals surface area contributed by atoms with Crippen LogP contribution < -0.4 is 10.1 Å². The molecule has 0 amide bonds. The highest BCUT2D eigenvalue weighted by molar-refractivity contribution is 6.31. The summed E-state index contributed by atoms with van der Waals surface area (Å²) in [6.45, 7) is 2.80. The number of rotatable bonds is 8. The minimum atomic E-state index is -0.382. The second-order valence-electron chi connectivity index (χ2n) is 6.28. The number of nitrogens with one attached hydrogen (secondary N) is 1. The molecule has 0 spiro atoms. The molecular formula is C23H21ClFNO3. The predicted molar refractivity (Wildman–Crippen MR) is 112 cm³/mol. The summed E-state index contributed by atoms with van der Waals surface area (Å²) in [4.78, 5) is 11.7. The van der Waals surface area contributed by atoms with Gasteiger partial charge in [-0.3, -0.25) is 0 Å². The highest BCUT2D eigenvalue weighted by Gasteiger charge is 2.08. The Morgan fingerprint density at radius 1 is 1.03 bits per heavy atom. The number of ether oxygens (including phenoxy) is 2. The number of hydrogen-bond acceptors (Lipinski definition) is 4. The van der Waals surface area contributed by atoms with E-state index < -0.39 is 0 Å². The molecule has 3 aromatic rings. The third-order valence-corrected chi connectivity index (χ3v) is 4.61. The van der Waals surface area contributed by atoms with Crippen molar-refractivity contribution in [2.45, 2.75) is 20.1 Å². The average Bonchev–Trinajstić information content (AvgIpc) is 2.73. The zero-order valence-electron chi connectivity index (χ0n) is 16.0. The van der Waals surface area contributed by atoms with Gasteiger partial charge in [0, 0.05) is 17.8 Å². The van der Waals surface area contributed by atoms with Gasteiger partial charge in [0.2, 0.25) is 0 Å². The number of halogens is 2. The lowest BCUT2D eigenvalue weighted by Crippen LogP contribution is -2.05. The Morgan fingerprint density at radius 2 is 1.76 bits per heavy atom. The Hall–Kier alpha value is -3.05. The molecular weight excluding hydrogens is 393 g/mol. The standard InChI is InChI=1S/C23H21ClFNO3/c1-2-28-23(27)17-8-10-18(11-9-17)26-14-16-6-12-19(13-7-16)29-15-20-21(24)4-3-5-22(20)25/h3-13,26H,2,14-15H2,1H3. The first-order valence-electron chi connectivity index (χ1n) is 9.22. The molecule has 0 unspecified atom stereocenters. The van der Waals surface area contributed by atoms with Crippen LogP contribution in [0.5, 0.6) is 5.75 Å². The minimum Gasteiger partial charge on any atom is -0.489 e. The van der Waals surface area contributed by atoms with Gasteiger partial charge in [0.15, 0.2) is 0 Å². The van der Waals surface area contributed by atoms with Crippen LogP contribution in [0.1, 0.15) is 28.4 Å². The lowest BCUT2D eigenvalue weighted by molar-refractivity contribution is 0.0526. The van der Waals surface area contributed by atoms with E-state index >= 15 is 0 Å². The largest absolute Gasteiger partial charge is 0.489 e. The number of carbonyl (C=O) groups is 1. The van der Waals surface area contributed by atoms with Gasteiger partial charge in [-0.05, 0) is 61.0 Å². The van der Waals surface area contributed by atoms with E-state index in [1.165, 1.54) is 6.07 Å². The van der Waals surface area contributed by atoms with Crippen molar-refractivity contribution >= 4 is 23.3 Å². The SMILES string of the molecule is CCOC(=O)c1ccc(NCc2ccc(OCc3c(F)cccc3Cl)cc2)cc1. The summed E-state index contributed by atoms with van der Waals surface area (Å²) in [7, 11) is 0. The summed E-state index contributed by atoms with van der Waals surface area (Å²) in [5.74, 6) is -0.0783. The van der Waals surface area contributed by atoms with E-state index in [1.807, 2.05) is 36.4 Å². The van der Waals surface area contributed by atoms with Crippen LogP contribution in [0.4, 0.5) is 10.1 Å². The minimum absolute atomic E-state index is 0.0654. The molecule has 0 aliphatic rings. The van der Waals surface area contributed by atoms with Crippen molar-refractivity contribution in [1.29, 1.82) is 0 Å². The van der Waals surface area contributed by atoms with Gasteiger partial charge >= 0.3 is 5.97 Å². The summed E-state index contributed by atoms with van der Waals surface area (Å²) in [5.41, 5.74) is 2.81. The van der Waals surface area contributed by atoms with E-state index in [9.17, 15) is 9.18 Å². The maximum atomic E-state index is 13.8. The fourth-order valence-corrected chi connectivity index (χ4v) is 2.89. The van der Waals surface area contributed by atoms with E-state index in [2.05, 4.69) is 5.32 Å². The summed E-state index contributed by atoms with van der Waals surface area (Å²) in [6, 6.07) is 19.2. The Bertz CT molecular complexity index is 939. The Balaban J connectivity index is 1.52. The van der Waals surface area contributed by atoms with Crippen molar-refractivity contribution < 1.29 is 18.7 Å². The van der Waals surface area contributed by atoms with Gasteiger partial charge < -0.3 is 14.8 Å². The monoisotopic (exact) mass is 413 g/mol. The highest BCUT2D eigenvalue weighted by Crippen LogP contribution is 2.22. The summed E-state index contributed by atoms with van der Waals surface area (Å²) in [6.07, 6.45) is 0. The molecule has 0 aromatic heterocycles. The quantitative estimate of drug-likeness (QED) is 0.471. The molecule has 1 N–H and O–H groups in total. The zero-order valence-corrected chi connectivity index (χ0v) is 16.7. The first-order chi connectivity index (χ1) is 14.1. The molecule has 150 valence electrons. The van der Waals surface area contributed by atoms with E-state index in [0.717, 1.165) is 11.3 Å². The molecule has 0 aliphatic heterocycles. The molecule has 0 radical (unpaired) electrons. The first-order valence-corrected chi connectivity index (χ1v) is 9.60. The van der Waals surface area contributed by atoms with Crippen LogP contribution in [0.3, 0.4) is 0 Å². The molecule has 0 atom stereocenters. The molecule has 0 saturated carbocycles. The predicted octanol–water partition coefficient (Wildman–Crippen LogP) is 5.85. The van der Waals surface area contributed by atoms with E-state index in [-0.39, 0.29) is 18.4 Å². The van der Waals surface area contributed by atoms with Crippen molar-refractivity contribution in [2.24, 2.45) is 0 Å². The molecule has 3 rings (SSSR count). The van der Waals surface area contributed by atoms with E-state index in [1.54, 1.807) is 31.2 Å². The fourth-order valence-electron chi connectivity index (χ4n) is 2.67. The van der Waals surface area contributed by atoms with Crippen LogP contribution >= 0.6 is 11.6 Å². The zero-order chi connectivity index (χ0) is 20.6. The molecule has 4 nitrogen and oxygen atoms in total. The lowest BCUT2D eigenvalue weighted by atomic mass is 10.2. The maximum absolute atomic E-state index is 13.8. The molecule has 0 saturated heterocycles. The normalized spacial score (nSPS) is 10.4. The maximum Gasteiger partial charge on any atom is 0.338 e. The number of carbonyl (C=O) groups excluding carboxylic acids is 1. The summed E-state index contributed by atoms with van der Waals surface area (Å²) < 4.78 is 24.4. The molecule has 6 heteroatoms. The van der Waals surface area contributed by atoms with Crippen LogP contribution in [0.15, 0.2) is 66.7 Å². The third kappa shape index (κ3) is 5.72. The molecule has 0 fully saturated rings. The van der Waals surface area contributed by atoms with Crippen LogP contribution in [0.2, 0.25) is 5.02 Å². The smallest absolute Gasteiger partial charge is 0.338 e. The van der Waals surface area contributed by atoms with Crippen molar-refractivity contribution in [3.63, 3.8) is 0 Å². The van der Waals surface area contributed by atoms with E-state index in [4.69, 9.17) is 21.1 Å². The number of anilines is 1. The molecule has 0 heterocycles. The average molecular weight is 414 g/mol.